The highest BCUT2D eigenvalue weighted by atomic mass is 32.2. The van der Waals surface area contributed by atoms with Crippen LogP contribution in [0.25, 0.3) is 0 Å². The van der Waals surface area contributed by atoms with Crippen LogP contribution in [0.15, 0.2) is 23.4 Å². The number of anilines is 1. The first-order chi connectivity index (χ1) is 13.8. The molecule has 2 amide bonds. The molecule has 9 heteroatoms. The summed E-state index contributed by atoms with van der Waals surface area (Å²) in [5.41, 5.74) is 5.71. The number of aryl methyl sites for hydroxylation is 2. The molecule has 29 heavy (non-hydrogen) atoms. The van der Waals surface area contributed by atoms with Gasteiger partial charge < -0.3 is 10.2 Å². The molecule has 1 aromatic carbocycles. The molecule has 0 aliphatic heterocycles. The SMILES string of the molecule is CN(C)CCn1cc(S(=O)(=O)NC(=O)Nc2c3c(cc4c2CCC4)CCC3)cn1. The Kier molecular flexibility index (Phi) is 5.35. The molecule has 0 fully saturated rings. The number of hydrogen-bond donors (Lipinski definition) is 2. The van der Waals surface area contributed by atoms with E-state index in [0.29, 0.717) is 6.54 Å². The van der Waals surface area contributed by atoms with Gasteiger partial charge in [-0.1, -0.05) is 6.07 Å². The highest BCUT2D eigenvalue weighted by molar-refractivity contribution is 7.90. The molecule has 0 radical (unpaired) electrons. The fourth-order valence-corrected chi connectivity index (χ4v) is 5.05. The summed E-state index contributed by atoms with van der Waals surface area (Å²) >= 11 is 0. The summed E-state index contributed by atoms with van der Waals surface area (Å²) in [5, 5.41) is 6.93. The Morgan fingerprint density at radius 3 is 2.41 bits per heavy atom. The zero-order valence-corrected chi connectivity index (χ0v) is 17.7. The third-order valence-electron chi connectivity index (χ3n) is 5.63. The fraction of sp³-hybridized carbons (Fsp3) is 0.500. The van der Waals surface area contributed by atoms with Gasteiger partial charge in [-0.2, -0.15) is 5.10 Å². The van der Waals surface area contributed by atoms with Crippen LogP contribution in [-0.2, 0) is 42.3 Å². The second kappa shape index (κ2) is 7.79. The van der Waals surface area contributed by atoms with Gasteiger partial charge in [-0.3, -0.25) is 4.68 Å². The molecule has 0 unspecified atom stereocenters. The first kappa shape index (κ1) is 19.9. The quantitative estimate of drug-likeness (QED) is 0.749. The van der Waals surface area contributed by atoms with E-state index in [1.165, 1.54) is 23.5 Å². The van der Waals surface area contributed by atoms with Crippen molar-refractivity contribution < 1.29 is 13.2 Å². The Hall–Kier alpha value is -2.39. The van der Waals surface area contributed by atoms with Crippen LogP contribution in [0.1, 0.15) is 35.1 Å². The number of benzene rings is 1. The maximum atomic E-state index is 12.6. The Balaban J connectivity index is 1.49. The Morgan fingerprint density at radius 1 is 1.14 bits per heavy atom. The van der Waals surface area contributed by atoms with Crippen molar-refractivity contribution in [1.82, 2.24) is 19.4 Å². The van der Waals surface area contributed by atoms with Crippen LogP contribution in [0.4, 0.5) is 10.5 Å². The van der Waals surface area contributed by atoms with Crippen LogP contribution in [0, 0.1) is 0 Å². The van der Waals surface area contributed by atoms with E-state index < -0.39 is 16.1 Å². The average molecular weight is 418 g/mol. The fourth-order valence-electron chi connectivity index (χ4n) is 4.20. The molecule has 0 spiro atoms. The van der Waals surface area contributed by atoms with Gasteiger partial charge in [-0.25, -0.2) is 17.9 Å². The van der Waals surface area contributed by atoms with E-state index in [0.717, 1.165) is 61.9 Å². The third kappa shape index (κ3) is 4.16. The van der Waals surface area contributed by atoms with Gasteiger partial charge in [0.2, 0.25) is 0 Å². The normalized spacial score (nSPS) is 15.4. The number of carbonyl (C=O) groups is 1. The van der Waals surface area contributed by atoms with Crippen LogP contribution in [0.3, 0.4) is 0 Å². The van der Waals surface area contributed by atoms with Crippen LogP contribution in [-0.4, -0.2) is 49.8 Å². The molecular formula is C20H27N5O3S. The number of carbonyl (C=O) groups excluding carboxylic acids is 1. The van der Waals surface area contributed by atoms with Crippen LogP contribution >= 0.6 is 0 Å². The second-order valence-electron chi connectivity index (χ2n) is 8.04. The lowest BCUT2D eigenvalue weighted by Gasteiger charge is -2.16. The first-order valence-corrected chi connectivity index (χ1v) is 11.5. The monoisotopic (exact) mass is 417 g/mol. The number of hydrogen-bond acceptors (Lipinski definition) is 5. The van der Waals surface area contributed by atoms with Gasteiger partial charge in [-0.05, 0) is 74.9 Å². The summed E-state index contributed by atoms with van der Waals surface area (Å²) in [5.74, 6) is 0. The number of fused-ring (bicyclic) bond motifs is 2. The molecule has 0 saturated carbocycles. The highest BCUT2D eigenvalue weighted by Gasteiger charge is 2.26. The van der Waals surface area contributed by atoms with E-state index in [4.69, 9.17) is 0 Å². The van der Waals surface area contributed by atoms with Crippen molar-refractivity contribution in [3.63, 3.8) is 0 Å². The van der Waals surface area contributed by atoms with Crippen LogP contribution < -0.4 is 10.0 Å². The minimum absolute atomic E-state index is 0.0186. The summed E-state index contributed by atoms with van der Waals surface area (Å²) in [6.07, 6.45) is 8.72. The van der Waals surface area contributed by atoms with Gasteiger partial charge in [0, 0.05) is 18.4 Å². The standard InChI is InChI=1S/C20H27N5O3S/c1-24(2)9-10-25-13-16(12-21-25)29(27,28)23-20(26)22-19-17-7-3-5-14(17)11-15-6-4-8-18(15)19/h11-13H,3-10H2,1-2H3,(H2,22,23,26). The lowest BCUT2D eigenvalue weighted by molar-refractivity contribution is 0.256. The molecule has 1 heterocycles. The van der Waals surface area contributed by atoms with E-state index >= 15 is 0 Å². The molecule has 0 atom stereocenters. The lowest BCUT2D eigenvalue weighted by atomic mass is 9.99. The molecule has 8 nitrogen and oxygen atoms in total. The molecule has 2 N–H and O–H groups in total. The van der Waals surface area contributed by atoms with Crippen molar-refractivity contribution in [1.29, 1.82) is 0 Å². The van der Waals surface area contributed by atoms with Gasteiger partial charge in [0.1, 0.15) is 4.90 Å². The predicted molar refractivity (Wildman–Crippen MR) is 111 cm³/mol. The van der Waals surface area contributed by atoms with Crippen molar-refractivity contribution in [2.75, 3.05) is 26.0 Å². The van der Waals surface area contributed by atoms with Crippen molar-refractivity contribution in [3.8, 4) is 0 Å². The smallest absolute Gasteiger partial charge is 0.308 e. The maximum Gasteiger partial charge on any atom is 0.333 e. The average Bonchev–Trinajstić information content (AvgIpc) is 3.39. The number of amides is 2. The molecule has 2 aliphatic carbocycles. The van der Waals surface area contributed by atoms with Gasteiger partial charge in [0.15, 0.2) is 0 Å². The van der Waals surface area contributed by atoms with E-state index in [-0.39, 0.29) is 4.90 Å². The van der Waals surface area contributed by atoms with Crippen molar-refractivity contribution in [2.45, 2.75) is 50.0 Å². The molecule has 156 valence electrons. The number of likely N-dealkylation sites (N-methyl/N-ethyl adjacent to an activating group) is 1. The molecule has 0 bridgehead atoms. The third-order valence-corrected chi connectivity index (χ3v) is 6.92. The number of aromatic nitrogens is 2. The van der Waals surface area contributed by atoms with E-state index in [9.17, 15) is 13.2 Å². The van der Waals surface area contributed by atoms with E-state index in [1.54, 1.807) is 4.68 Å². The zero-order chi connectivity index (χ0) is 20.6. The predicted octanol–water partition coefficient (Wildman–Crippen LogP) is 1.93. The number of rotatable bonds is 6. The zero-order valence-electron chi connectivity index (χ0n) is 16.9. The van der Waals surface area contributed by atoms with Gasteiger partial charge in [0.25, 0.3) is 10.0 Å². The number of sulfonamides is 1. The van der Waals surface area contributed by atoms with Gasteiger partial charge >= 0.3 is 6.03 Å². The second-order valence-corrected chi connectivity index (χ2v) is 9.72. The molecule has 4 rings (SSSR count). The van der Waals surface area contributed by atoms with Crippen LogP contribution in [0.2, 0.25) is 0 Å². The van der Waals surface area contributed by atoms with Crippen LogP contribution in [0.5, 0.6) is 0 Å². The largest absolute Gasteiger partial charge is 0.333 e. The number of nitrogens with one attached hydrogen (secondary N) is 2. The Bertz CT molecular complexity index is 1010. The van der Waals surface area contributed by atoms with Gasteiger partial charge in [-0.15, -0.1) is 0 Å². The van der Waals surface area contributed by atoms with E-state index in [1.807, 2.05) is 19.0 Å². The minimum atomic E-state index is -3.98. The summed E-state index contributed by atoms with van der Waals surface area (Å²) in [7, 11) is -0.115. The summed E-state index contributed by atoms with van der Waals surface area (Å²) in [4.78, 5) is 14.6. The molecular weight excluding hydrogens is 390 g/mol. The molecule has 1 aromatic heterocycles. The molecule has 0 saturated heterocycles. The van der Waals surface area contributed by atoms with Crippen molar-refractivity contribution >= 4 is 21.7 Å². The maximum absolute atomic E-state index is 12.6. The summed E-state index contributed by atoms with van der Waals surface area (Å²) in [6, 6.07) is 1.55. The number of urea groups is 1. The highest BCUT2D eigenvalue weighted by Crippen LogP contribution is 2.38. The molecule has 2 aliphatic rings. The summed E-state index contributed by atoms with van der Waals surface area (Å²) < 4.78 is 28.9. The Morgan fingerprint density at radius 2 is 1.79 bits per heavy atom. The summed E-state index contributed by atoms with van der Waals surface area (Å²) in [6.45, 7) is 1.30. The molecule has 2 aromatic rings. The van der Waals surface area contributed by atoms with Crippen molar-refractivity contribution in [2.24, 2.45) is 0 Å². The number of nitrogens with zero attached hydrogens (tertiary/aromatic N) is 3. The first-order valence-electron chi connectivity index (χ1n) is 10.0. The van der Waals surface area contributed by atoms with E-state index in [2.05, 4.69) is 21.2 Å². The topological polar surface area (TPSA) is 96.3 Å². The van der Waals surface area contributed by atoms with Gasteiger partial charge in [0.05, 0.1) is 12.7 Å². The minimum Gasteiger partial charge on any atom is -0.308 e. The Labute approximate surface area is 171 Å². The van der Waals surface area contributed by atoms with Crippen molar-refractivity contribution in [3.05, 3.63) is 40.7 Å². The lowest BCUT2D eigenvalue weighted by Crippen LogP contribution is -2.34.